The van der Waals surface area contributed by atoms with Crippen molar-refractivity contribution in [3.63, 3.8) is 0 Å². The van der Waals surface area contributed by atoms with Crippen LogP contribution in [-0.2, 0) is 21.8 Å². The summed E-state index contributed by atoms with van der Waals surface area (Å²) in [7, 11) is -0.962. The largest absolute Gasteiger partial charge is 0.416 e. The number of nitrogens with two attached hydrogens (primary N) is 3. The number of alkyl halides is 3. The van der Waals surface area contributed by atoms with Crippen molar-refractivity contribution in [1.29, 1.82) is 0 Å². The molecular weight excluding hydrogens is 447 g/mol. The fourth-order valence-corrected chi connectivity index (χ4v) is 5.60. The molecule has 2 aliphatic rings. The molecule has 1 aromatic rings. The molecule has 0 saturated carbocycles. The Kier molecular flexibility index (Phi) is 6.94. The summed E-state index contributed by atoms with van der Waals surface area (Å²) >= 11 is 0. The van der Waals surface area contributed by atoms with E-state index >= 15 is 0 Å². The molecule has 0 bridgehead atoms. The lowest BCUT2D eigenvalue weighted by Crippen LogP contribution is -2.59. The second-order valence-electron chi connectivity index (χ2n) is 8.21. The van der Waals surface area contributed by atoms with Crippen molar-refractivity contribution in [2.45, 2.75) is 43.3 Å². The van der Waals surface area contributed by atoms with Crippen LogP contribution >= 0.6 is 0 Å². The van der Waals surface area contributed by atoms with E-state index in [0.29, 0.717) is 37.2 Å². The van der Waals surface area contributed by atoms with E-state index in [1.54, 1.807) is 4.90 Å². The lowest BCUT2D eigenvalue weighted by Gasteiger charge is -2.40. The zero-order chi connectivity index (χ0) is 23.7. The fraction of sp³-hybridized carbons (Fsp3) is 0.550. The highest BCUT2D eigenvalue weighted by Gasteiger charge is 2.42. The van der Waals surface area contributed by atoms with Crippen molar-refractivity contribution < 1.29 is 27.0 Å². The minimum Gasteiger partial charge on any atom is -0.370 e. The van der Waals surface area contributed by atoms with Gasteiger partial charge in [0.1, 0.15) is 0 Å². The molecule has 2 aliphatic heterocycles. The van der Waals surface area contributed by atoms with Gasteiger partial charge in [-0.25, -0.2) is 0 Å². The molecule has 32 heavy (non-hydrogen) atoms. The first-order valence-corrected chi connectivity index (χ1v) is 11.7. The number of amides is 2. The average Bonchev–Trinajstić information content (AvgIpc) is 2.74. The van der Waals surface area contributed by atoms with E-state index in [2.05, 4.69) is 4.99 Å². The molecule has 3 rings (SSSR count). The summed E-state index contributed by atoms with van der Waals surface area (Å²) in [5.74, 6) is -1.41. The van der Waals surface area contributed by atoms with Crippen LogP contribution in [0.3, 0.4) is 0 Å². The molecule has 2 heterocycles. The van der Waals surface area contributed by atoms with Gasteiger partial charge in [0, 0.05) is 41.0 Å². The number of guanidine groups is 1. The number of piperidine rings is 1. The van der Waals surface area contributed by atoms with Gasteiger partial charge in [-0.1, -0.05) is 6.07 Å². The molecule has 1 aromatic carbocycles. The molecule has 0 aromatic heterocycles. The third kappa shape index (κ3) is 5.29. The number of nitrogens with zero attached hydrogens (tertiary/aromatic N) is 2. The van der Waals surface area contributed by atoms with Crippen LogP contribution in [0.5, 0.6) is 0 Å². The highest BCUT2D eigenvalue weighted by molar-refractivity contribution is 7.85. The van der Waals surface area contributed by atoms with Gasteiger partial charge < -0.3 is 22.1 Å². The van der Waals surface area contributed by atoms with Crippen LogP contribution in [0.2, 0.25) is 0 Å². The van der Waals surface area contributed by atoms with Gasteiger partial charge in [-0.05, 0) is 49.3 Å². The van der Waals surface area contributed by atoms with Crippen LogP contribution in [0.15, 0.2) is 23.2 Å². The lowest BCUT2D eigenvalue weighted by atomic mass is 9.84. The predicted octanol–water partition coefficient (Wildman–Crippen LogP) is 1.06. The van der Waals surface area contributed by atoms with Crippen LogP contribution in [0, 0.1) is 0 Å². The Morgan fingerprint density at radius 2 is 1.72 bits per heavy atom. The van der Waals surface area contributed by atoms with E-state index in [9.17, 15) is 27.0 Å². The van der Waals surface area contributed by atoms with Gasteiger partial charge in [0.2, 0.25) is 5.91 Å². The first kappa shape index (κ1) is 24.2. The minimum absolute atomic E-state index is 0.0707. The topological polar surface area (TPSA) is 145 Å². The Morgan fingerprint density at radius 3 is 2.25 bits per heavy atom. The molecule has 0 atom stereocenters. The van der Waals surface area contributed by atoms with Crippen LogP contribution in [0.25, 0.3) is 0 Å². The summed E-state index contributed by atoms with van der Waals surface area (Å²) < 4.78 is 52.8. The molecule has 0 radical (unpaired) electrons. The van der Waals surface area contributed by atoms with Gasteiger partial charge >= 0.3 is 6.18 Å². The highest BCUT2D eigenvalue weighted by Crippen LogP contribution is 2.40. The standard InChI is InChI=1S/C20H26F3N5O3S/c21-20(22,23)15-11-13(16(29)27-18(24)25)1-2-14(15)12-3-7-28(8-4-12)17(30)19(26)5-9-32(31)10-6-19/h1-2,11-12H,3-10,26H2,(H4,24,25,27,29). The van der Waals surface area contributed by atoms with Crippen LogP contribution in [0.4, 0.5) is 13.2 Å². The number of carbonyl (C=O) groups is 2. The van der Waals surface area contributed by atoms with Gasteiger partial charge in [-0.2, -0.15) is 18.2 Å². The molecular formula is C20H26F3N5O3S. The molecule has 8 nitrogen and oxygen atoms in total. The van der Waals surface area contributed by atoms with Crippen molar-refractivity contribution in [3.05, 3.63) is 34.9 Å². The summed E-state index contributed by atoms with van der Waals surface area (Å²) in [5, 5.41) is 0. The summed E-state index contributed by atoms with van der Waals surface area (Å²) in [6, 6.07) is 3.31. The summed E-state index contributed by atoms with van der Waals surface area (Å²) in [6.45, 7) is 0.551. The van der Waals surface area contributed by atoms with Gasteiger partial charge in [0.05, 0.1) is 11.1 Å². The van der Waals surface area contributed by atoms with Crippen molar-refractivity contribution in [2.24, 2.45) is 22.2 Å². The SMILES string of the molecule is NC(N)=NC(=O)c1ccc(C2CCN(C(=O)C3(N)CCS(=O)CC3)CC2)c(C(F)(F)F)c1. The molecule has 12 heteroatoms. The van der Waals surface area contributed by atoms with Crippen LogP contribution in [0.1, 0.15) is 53.1 Å². The number of likely N-dealkylation sites (tertiary alicyclic amines) is 1. The first-order chi connectivity index (χ1) is 14.9. The lowest BCUT2D eigenvalue weighted by molar-refractivity contribution is -0.140. The molecule has 0 aliphatic carbocycles. The van der Waals surface area contributed by atoms with Gasteiger partial charge in [0.25, 0.3) is 5.91 Å². The Bertz CT molecular complexity index is 944. The summed E-state index contributed by atoms with van der Waals surface area (Å²) in [5.41, 5.74) is 14.4. The van der Waals surface area contributed by atoms with Crippen LogP contribution < -0.4 is 17.2 Å². The number of rotatable bonds is 3. The average molecular weight is 474 g/mol. The van der Waals surface area contributed by atoms with E-state index in [0.717, 1.165) is 6.07 Å². The maximum absolute atomic E-state index is 13.7. The molecule has 0 spiro atoms. The second-order valence-corrected chi connectivity index (χ2v) is 9.91. The minimum atomic E-state index is -4.67. The van der Waals surface area contributed by atoms with Crippen LogP contribution in [-0.4, -0.2) is 57.0 Å². The second kappa shape index (κ2) is 9.18. The van der Waals surface area contributed by atoms with Crippen molar-refractivity contribution in [1.82, 2.24) is 4.90 Å². The number of benzene rings is 1. The fourth-order valence-electron chi connectivity index (χ4n) is 4.21. The van der Waals surface area contributed by atoms with Gasteiger partial charge in [-0.3, -0.25) is 13.8 Å². The predicted molar refractivity (Wildman–Crippen MR) is 114 cm³/mol. The van der Waals surface area contributed by atoms with E-state index in [1.807, 2.05) is 0 Å². The normalized spacial score (nSPS) is 24.8. The third-order valence-corrected chi connectivity index (χ3v) is 7.35. The summed E-state index contributed by atoms with van der Waals surface area (Å²) in [4.78, 5) is 29.7. The van der Waals surface area contributed by atoms with Crippen molar-refractivity contribution in [3.8, 4) is 0 Å². The number of hydrogen-bond donors (Lipinski definition) is 3. The Balaban J connectivity index is 1.76. The Morgan fingerprint density at radius 1 is 1.12 bits per heavy atom. The van der Waals surface area contributed by atoms with E-state index in [1.165, 1.54) is 12.1 Å². The first-order valence-electron chi connectivity index (χ1n) is 10.2. The molecule has 0 unspecified atom stereocenters. The maximum atomic E-state index is 13.7. The van der Waals surface area contributed by atoms with E-state index < -0.39 is 45.9 Å². The zero-order valence-corrected chi connectivity index (χ0v) is 18.2. The Hall–Kier alpha value is -2.47. The number of carbonyl (C=O) groups excluding carboxylic acids is 2. The van der Waals surface area contributed by atoms with Gasteiger partial charge in [0.15, 0.2) is 5.96 Å². The molecule has 2 amide bonds. The van der Waals surface area contributed by atoms with E-state index in [4.69, 9.17) is 17.2 Å². The third-order valence-electron chi connectivity index (χ3n) is 6.04. The van der Waals surface area contributed by atoms with Crippen molar-refractivity contribution in [2.75, 3.05) is 24.6 Å². The molecule has 6 N–H and O–H groups in total. The van der Waals surface area contributed by atoms with E-state index in [-0.39, 0.29) is 30.1 Å². The smallest absolute Gasteiger partial charge is 0.370 e. The number of hydrogen-bond acceptors (Lipinski definition) is 4. The monoisotopic (exact) mass is 473 g/mol. The summed E-state index contributed by atoms with van der Waals surface area (Å²) in [6.07, 6.45) is -3.34. The molecule has 176 valence electrons. The molecule has 2 fully saturated rings. The Labute approximate surface area is 185 Å². The van der Waals surface area contributed by atoms with Gasteiger partial charge in [-0.15, -0.1) is 0 Å². The number of aliphatic imine (C=N–C) groups is 1. The zero-order valence-electron chi connectivity index (χ0n) is 17.4. The molecule has 2 saturated heterocycles. The highest BCUT2D eigenvalue weighted by atomic mass is 32.2. The number of halogens is 3. The van der Waals surface area contributed by atoms with Crippen molar-refractivity contribution >= 4 is 28.6 Å². The quantitative estimate of drug-likeness (QED) is 0.442. The maximum Gasteiger partial charge on any atom is 0.416 e.